The van der Waals surface area contributed by atoms with Gasteiger partial charge in [-0.2, -0.15) is 32.3 Å². The van der Waals surface area contributed by atoms with Crippen molar-refractivity contribution in [3.05, 3.63) is 53.6 Å². The van der Waals surface area contributed by atoms with Crippen LogP contribution in [-0.2, 0) is 11.3 Å². The number of nitrogens with one attached hydrogen (secondary N) is 2. The summed E-state index contributed by atoms with van der Waals surface area (Å²) in [5.74, 6) is -2.39. The number of aromatic nitrogens is 6. The zero-order valence-electron chi connectivity index (χ0n) is 17.8. The molecule has 0 bridgehead atoms. The lowest BCUT2D eigenvalue weighted by atomic mass is 9.99. The Kier molecular flexibility index (Phi) is 4.56. The third kappa shape index (κ3) is 3.74. The molecule has 5 heterocycles. The molecule has 0 aromatic carbocycles. The van der Waals surface area contributed by atoms with Crippen LogP contribution in [0.25, 0.3) is 16.6 Å². The molecule has 0 spiro atoms. The molecule has 3 atom stereocenters. The summed E-state index contributed by atoms with van der Waals surface area (Å²) >= 11 is 0. The predicted molar refractivity (Wildman–Crippen MR) is 111 cm³/mol. The standard InChI is InChI=1S/C21H16F4N8O2/c22-17-7-27-18-12(2-15(31-33(17)18)13-6-28-20(35)30-19(13)34)10-1-11(10)14-3-16-9(4-26-14)5-29-32(16)8-21(23,24)25/h2-5,7,10-11,13H,1,6,8H2,(H2,28,30,34,35)/t10-,11-,13?/m1/s1. The van der Waals surface area contributed by atoms with Crippen molar-refractivity contribution < 1.29 is 27.2 Å². The fourth-order valence-corrected chi connectivity index (χ4v) is 4.55. The molecule has 4 aromatic rings. The van der Waals surface area contributed by atoms with Gasteiger partial charge in [-0.3, -0.25) is 19.8 Å². The minimum absolute atomic E-state index is 0.00838. The number of carbonyl (C=O) groups is 2. The summed E-state index contributed by atoms with van der Waals surface area (Å²) in [7, 11) is 0. The molecular weight excluding hydrogens is 472 g/mol. The first-order valence-electron chi connectivity index (χ1n) is 10.7. The highest BCUT2D eigenvalue weighted by Crippen LogP contribution is 2.55. The molecule has 3 amide bonds. The second kappa shape index (κ2) is 7.45. The third-order valence-corrected chi connectivity index (χ3v) is 6.30. The van der Waals surface area contributed by atoms with Crippen molar-refractivity contribution >= 4 is 28.5 Å². The van der Waals surface area contributed by atoms with Gasteiger partial charge in [0.2, 0.25) is 11.9 Å². The zero-order valence-corrected chi connectivity index (χ0v) is 17.8. The molecule has 6 rings (SSSR count). The van der Waals surface area contributed by atoms with Crippen molar-refractivity contribution in [1.82, 2.24) is 40.0 Å². The van der Waals surface area contributed by atoms with Gasteiger partial charge in [0.15, 0.2) is 5.65 Å². The highest BCUT2D eigenvalue weighted by atomic mass is 19.4. The van der Waals surface area contributed by atoms with Gasteiger partial charge in [0.25, 0.3) is 0 Å². The minimum Gasteiger partial charge on any atom is -0.337 e. The second-order valence-corrected chi connectivity index (χ2v) is 8.63. The molecule has 1 saturated heterocycles. The molecule has 1 aliphatic carbocycles. The number of imide groups is 1. The van der Waals surface area contributed by atoms with Gasteiger partial charge in [-0.05, 0) is 24.5 Å². The maximum Gasteiger partial charge on any atom is 0.408 e. The van der Waals surface area contributed by atoms with Crippen molar-refractivity contribution in [2.24, 2.45) is 0 Å². The van der Waals surface area contributed by atoms with Crippen LogP contribution < -0.4 is 10.6 Å². The third-order valence-electron chi connectivity index (χ3n) is 6.30. The molecule has 0 radical (unpaired) electrons. The van der Waals surface area contributed by atoms with Crippen molar-refractivity contribution in [3.8, 4) is 0 Å². The molecule has 1 unspecified atom stereocenters. The molecule has 2 fully saturated rings. The number of hydrogen-bond acceptors (Lipinski definition) is 6. The summed E-state index contributed by atoms with van der Waals surface area (Å²) in [6.45, 7) is -1.20. The van der Waals surface area contributed by atoms with E-state index in [1.54, 1.807) is 12.1 Å². The Morgan fingerprint density at radius 2 is 1.89 bits per heavy atom. The van der Waals surface area contributed by atoms with E-state index in [2.05, 4.69) is 30.8 Å². The second-order valence-electron chi connectivity index (χ2n) is 8.63. The van der Waals surface area contributed by atoms with Crippen LogP contribution in [-0.4, -0.2) is 54.0 Å². The topological polar surface area (TPSA) is 119 Å². The van der Waals surface area contributed by atoms with E-state index in [-0.39, 0.29) is 29.7 Å². The summed E-state index contributed by atoms with van der Waals surface area (Å²) in [4.78, 5) is 32.3. The first-order chi connectivity index (χ1) is 16.7. The largest absolute Gasteiger partial charge is 0.408 e. The number of alkyl halides is 3. The van der Waals surface area contributed by atoms with E-state index < -0.39 is 36.5 Å². The number of hydrogen-bond donors (Lipinski definition) is 2. The van der Waals surface area contributed by atoms with E-state index in [0.717, 1.165) is 15.4 Å². The Labute approximate surface area is 193 Å². The van der Waals surface area contributed by atoms with Gasteiger partial charge in [-0.25, -0.2) is 9.78 Å². The normalized spacial score (nSPS) is 22.5. The minimum atomic E-state index is -4.42. The maximum atomic E-state index is 14.4. The van der Waals surface area contributed by atoms with Gasteiger partial charge in [-0.15, -0.1) is 0 Å². The number of nitrogens with zero attached hydrogens (tertiary/aromatic N) is 6. The Hall–Kier alpha value is -4.10. The molecule has 4 aromatic heterocycles. The first kappa shape index (κ1) is 21.4. The lowest BCUT2D eigenvalue weighted by Gasteiger charge is -2.22. The Balaban J connectivity index is 1.36. The molecule has 2 N–H and O–H groups in total. The number of halogens is 4. The molecular formula is C21H16F4N8O2. The van der Waals surface area contributed by atoms with Gasteiger partial charge in [-0.1, -0.05) is 0 Å². The van der Waals surface area contributed by atoms with Crippen LogP contribution in [0.2, 0.25) is 0 Å². The Morgan fingerprint density at radius 3 is 2.66 bits per heavy atom. The highest BCUT2D eigenvalue weighted by molar-refractivity contribution is 6.00. The SMILES string of the molecule is O=C1NCC(c2cc([C@@H]3C[C@H]3c3cc4c(cn3)cnn4CC(F)(F)F)c3ncc(F)n3n2)C(=O)N1. The van der Waals surface area contributed by atoms with Crippen molar-refractivity contribution in [1.29, 1.82) is 0 Å². The number of pyridine rings is 1. The molecule has 10 nitrogen and oxygen atoms in total. The van der Waals surface area contributed by atoms with E-state index in [9.17, 15) is 27.2 Å². The van der Waals surface area contributed by atoms with Gasteiger partial charge in [0, 0.05) is 35.3 Å². The number of fused-ring (bicyclic) bond motifs is 2. The smallest absolute Gasteiger partial charge is 0.337 e. The van der Waals surface area contributed by atoms with E-state index in [1.807, 2.05) is 0 Å². The summed E-state index contributed by atoms with van der Waals surface area (Å²) in [5.41, 5.74) is 2.08. The van der Waals surface area contributed by atoms with Crippen LogP contribution in [0.4, 0.5) is 22.4 Å². The summed E-state index contributed by atoms with van der Waals surface area (Å²) in [6, 6.07) is 2.64. The number of carbonyl (C=O) groups excluding carboxylic acids is 2. The fraction of sp³-hybridized carbons (Fsp3) is 0.333. The Bertz CT molecular complexity index is 1510. The zero-order chi connectivity index (χ0) is 24.5. The van der Waals surface area contributed by atoms with E-state index in [0.29, 0.717) is 28.6 Å². The van der Waals surface area contributed by atoms with Crippen LogP contribution >= 0.6 is 0 Å². The van der Waals surface area contributed by atoms with Gasteiger partial charge < -0.3 is 5.32 Å². The molecule has 14 heteroatoms. The molecule has 2 aliphatic rings. The lowest BCUT2D eigenvalue weighted by molar-refractivity contribution is -0.141. The van der Waals surface area contributed by atoms with Crippen molar-refractivity contribution in [2.45, 2.75) is 36.9 Å². The van der Waals surface area contributed by atoms with Crippen LogP contribution in [0, 0.1) is 5.95 Å². The Morgan fingerprint density at radius 1 is 1.06 bits per heavy atom. The molecule has 1 aliphatic heterocycles. The predicted octanol–water partition coefficient (Wildman–Crippen LogP) is 2.37. The van der Waals surface area contributed by atoms with Gasteiger partial charge in [0.05, 0.1) is 29.5 Å². The quantitative estimate of drug-likeness (QED) is 0.426. The van der Waals surface area contributed by atoms with E-state index in [1.165, 1.54) is 12.4 Å². The van der Waals surface area contributed by atoms with Crippen LogP contribution in [0.1, 0.15) is 41.1 Å². The van der Waals surface area contributed by atoms with Crippen LogP contribution in [0.3, 0.4) is 0 Å². The highest BCUT2D eigenvalue weighted by Gasteiger charge is 2.43. The van der Waals surface area contributed by atoms with Crippen molar-refractivity contribution in [2.75, 3.05) is 6.54 Å². The van der Waals surface area contributed by atoms with Gasteiger partial charge >= 0.3 is 12.2 Å². The number of imidazole rings is 1. The molecule has 180 valence electrons. The molecule has 1 saturated carbocycles. The first-order valence-corrected chi connectivity index (χ1v) is 10.7. The van der Waals surface area contributed by atoms with Crippen LogP contribution in [0.5, 0.6) is 0 Å². The average molecular weight is 488 g/mol. The lowest BCUT2D eigenvalue weighted by Crippen LogP contribution is -2.51. The number of urea groups is 1. The van der Waals surface area contributed by atoms with Gasteiger partial charge in [0.1, 0.15) is 6.54 Å². The molecule has 35 heavy (non-hydrogen) atoms. The average Bonchev–Trinajstić information content (AvgIpc) is 3.38. The van der Waals surface area contributed by atoms with E-state index >= 15 is 0 Å². The number of amides is 3. The number of rotatable bonds is 4. The monoisotopic (exact) mass is 488 g/mol. The summed E-state index contributed by atoms with van der Waals surface area (Å²) < 4.78 is 55.1. The maximum absolute atomic E-state index is 14.4. The fourth-order valence-electron chi connectivity index (χ4n) is 4.55. The van der Waals surface area contributed by atoms with Crippen LogP contribution in [0.15, 0.2) is 30.7 Å². The summed E-state index contributed by atoms with van der Waals surface area (Å²) in [6.07, 6.45) is 0.0297. The van der Waals surface area contributed by atoms with Crippen molar-refractivity contribution in [3.63, 3.8) is 0 Å². The van der Waals surface area contributed by atoms with E-state index in [4.69, 9.17) is 0 Å². The summed E-state index contributed by atoms with van der Waals surface area (Å²) in [5, 5.41) is 13.2.